The molecule has 13 aromatic carbocycles. The third-order valence-corrected chi connectivity index (χ3v) is 19.7. The molecule has 0 radical (unpaired) electrons. The summed E-state index contributed by atoms with van der Waals surface area (Å²) in [7, 11) is 0. The summed E-state index contributed by atoms with van der Waals surface area (Å²) in [6, 6.07) is 102. The van der Waals surface area contributed by atoms with E-state index in [1.54, 1.807) is 22.7 Å². The lowest BCUT2D eigenvalue weighted by molar-refractivity contribution is 1.14. The summed E-state index contributed by atoms with van der Waals surface area (Å²) in [5, 5.41) is 21.7. The van der Waals surface area contributed by atoms with Gasteiger partial charge in [-0.3, -0.25) is 0 Å². The second-order valence-corrected chi connectivity index (χ2v) is 24.1. The van der Waals surface area contributed by atoms with Crippen LogP contribution in [0.25, 0.3) is 167 Å². The molecule has 0 aliphatic rings. The fourth-order valence-electron chi connectivity index (χ4n) is 13.5. The van der Waals surface area contributed by atoms with Gasteiger partial charge in [-0.1, -0.05) is 224 Å². The van der Waals surface area contributed by atoms with Crippen molar-refractivity contribution in [3.63, 3.8) is 0 Å². The zero-order chi connectivity index (χ0) is 57.0. The highest BCUT2D eigenvalue weighted by atomic mass is 32.1. The molecule has 0 spiro atoms. The summed E-state index contributed by atoms with van der Waals surface area (Å²) < 4.78 is 9.39. The number of rotatable bonds is 8. The summed E-state index contributed by atoms with van der Waals surface area (Å²) in [6.45, 7) is 9.76. The Kier molecular flexibility index (Phi) is 11.4. The van der Waals surface area contributed by atoms with Gasteiger partial charge in [0.2, 0.25) is 5.69 Å². The highest BCUT2D eigenvalue weighted by Gasteiger charge is 2.33. The van der Waals surface area contributed by atoms with Crippen LogP contribution in [0, 0.1) is 17.9 Å². The van der Waals surface area contributed by atoms with Gasteiger partial charge in [0, 0.05) is 63.6 Å². The zero-order valence-corrected chi connectivity index (χ0v) is 47.8. The van der Waals surface area contributed by atoms with E-state index in [4.69, 9.17) is 4.85 Å². The maximum atomic E-state index is 12.8. The molecule has 4 aromatic heterocycles. The Morgan fingerprint density at radius 1 is 0.314 bits per heavy atom. The second kappa shape index (κ2) is 19.8. The van der Waals surface area contributed by atoms with Crippen LogP contribution in [0.3, 0.4) is 0 Å². The first-order valence-electron chi connectivity index (χ1n) is 28.8. The molecule has 0 saturated heterocycles. The standard InChI is InChI=1S/C80H46N4S2/c1-82-74-72(58-44-56(51-25-11-4-12-26-51)43-57(45-58)52-27-13-5-14-28-52)67(48-81)75(73(53-29-15-6-16-30-53)78(74)83-68-33-19-17-31-59(68)60-32-18-20-34-69(60)83)84-76-61(37-39-63-65-46-54(49-21-7-2-8-22-49)35-41-70(65)85-79(63)76)62-38-40-64-66-47-55(50-23-9-3-10-24-50)36-42-71(66)86-80(64)77(62)84/h2-47H. The van der Waals surface area contributed by atoms with Gasteiger partial charge < -0.3 is 9.13 Å². The highest BCUT2D eigenvalue weighted by Crippen LogP contribution is 2.55. The van der Waals surface area contributed by atoms with Crippen molar-refractivity contribution < 1.29 is 0 Å². The molecular weight excluding hydrogens is 1080 g/mol. The Bertz CT molecular complexity index is 5420. The number of hydrogen-bond acceptors (Lipinski definition) is 3. The van der Waals surface area contributed by atoms with Crippen LogP contribution in [0.4, 0.5) is 5.69 Å². The SMILES string of the molecule is [C-]#[N+]c1c(-c2cc(-c3ccccc3)cc(-c3ccccc3)c2)c(C#N)c(-n2c3c(ccc4c5cc(-c6ccccc6)ccc5sc43)c3ccc4c5cc(-c6ccccc6)ccc5sc4c32)c(-c2ccccc2)c1-n1c2ccccc2c2ccccc21. The van der Waals surface area contributed by atoms with Crippen molar-refractivity contribution in [1.82, 2.24) is 9.13 Å². The van der Waals surface area contributed by atoms with E-state index in [0.717, 1.165) is 125 Å². The summed E-state index contributed by atoms with van der Waals surface area (Å²) in [5.41, 5.74) is 17.9. The molecule has 0 bridgehead atoms. The van der Waals surface area contributed by atoms with Crippen LogP contribution in [-0.4, -0.2) is 9.13 Å². The van der Waals surface area contributed by atoms with Crippen LogP contribution in [0.15, 0.2) is 279 Å². The molecular formula is C80H46N4S2. The van der Waals surface area contributed by atoms with Crippen LogP contribution in [0.2, 0.25) is 0 Å². The number of nitrogens with zero attached hydrogens (tertiary/aromatic N) is 4. The van der Waals surface area contributed by atoms with E-state index in [1.165, 1.54) is 20.2 Å². The largest absolute Gasteiger partial charge is 0.318 e. The Morgan fingerprint density at radius 3 is 1.15 bits per heavy atom. The van der Waals surface area contributed by atoms with Crippen LogP contribution in [0.5, 0.6) is 0 Å². The summed E-state index contributed by atoms with van der Waals surface area (Å²) >= 11 is 3.61. The van der Waals surface area contributed by atoms with E-state index in [2.05, 4.69) is 276 Å². The summed E-state index contributed by atoms with van der Waals surface area (Å²) in [5.74, 6) is 0. The van der Waals surface area contributed by atoms with Gasteiger partial charge in [0.1, 0.15) is 6.07 Å². The van der Waals surface area contributed by atoms with E-state index >= 15 is 0 Å². The smallest absolute Gasteiger partial charge is 0.220 e. The molecule has 17 aromatic rings. The molecule has 0 fully saturated rings. The first-order chi connectivity index (χ1) is 42.6. The molecule has 0 unspecified atom stereocenters. The Labute approximate surface area is 503 Å². The van der Waals surface area contributed by atoms with Crippen LogP contribution in [0.1, 0.15) is 5.56 Å². The summed E-state index contributed by atoms with van der Waals surface area (Å²) in [6.07, 6.45) is 0. The molecule has 0 saturated carbocycles. The van der Waals surface area contributed by atoms with E-state index in [0.29, 0.717) is 28.2 Å². The van der Waals surface area contributed by atoms with Crippen LogP contribution >= 0.6 is 22.7 Å². The minimum atomic E-state index is 0.390. The van der Waals surface area contributed by atoms with Crippen molar-refractivity contribution in [3.8, 4) is 84.2 Å². The van der Waals surface area contributed by atoms with Gasteiger partial charge in [0.05, 0.1) is 55.0 Å². The van der Waals surface area contributed by atoms with E-state index in [-0.39, 0.29) is 0 Å². The minimum absolute atomic E-state index is 0.390. The van der Waals surface area contributed by atoms with Crippen molar-refractivity contribution in [3.05, 3.63) is 296 Å². The van der Waals surface area contributed by atoms with Gasteiger partial charge in [-0.25, -0.2) is 4.85 Å². The van der Waals surface area contributed by atoms with Crippen LogP contribution < -0.4 is 0 Å². The Morgan fingerprint density at radius 2 is 0.709 bits per heavy atom. The molecule has 17 rings (SSSR count). The zero-order valence-electron chi connectivity index (χ0n) is 46.2. The van der Waals surface area contributed by atoms with Crippen molar-refractivity contribution in [2.75, 3.05) is 0 Å². The normalized spacial score (nSPS) is 11.7. The van der Waals surface area contributed by atoms with Crippen molar-refractivity contribution >= 4 is 112 Å². The number of para-hydroxylation sites is 2. The van der Waals surface area contributed by atoms with E-state index in [9.17, 15) is 11.8 Å². The number of benzene rings is 13. The molecule has 0 aliphatic carbocycles. The maximum absolute atomic E-state index is 12.8. The number of aromatic nitrogens is 2. The van der Waals surface area contributed by atoms with E-state index in [1.807, 2.05) is 18.2 Å². The van der Waals surface area contributed by atoms with E-state index < -0.39 is 0 Å². The van der Waals surface area contributed by atoms with Crippen LogP contribution in [-0.2, 0) is 0 Å². The predicted molar refractivity (Wildman–Crippen MR) is 364 cm³/mol. The lowest BCUT2D eigenvalue weighted by Crippen LogP contribution is -2.09. The average Bonchev–Trinajstić information content (AvgIpc) is 1.51. The van der Waals surface area contributed by atoms with Gasteiger partial charge in [0.25, 0.3) is 0 Å². The Balaban J connectivity index is 1.12. The van der Waals surface area contributed by atoms with Gasteiger partial charge in [-0.05, 0) is 110 Å². The molecule has 398 valence electrons. The first kappa shape index (κ1) is 49.5. The quantitative estimate of drug-likeness (QED) is 0.140. The molecule has 6 heteroatoms. The fraction of sp³-hybridized carbons (Fsp3) is 0. The molecule has 0 atom stereocenters. The summed E-state index contributed by atoms with van der Waals surface area (Å²) in [4.78, 5) is 4.76. The molecule has 86 heavy (non-hydrogen) atoms. The fourth-order valence-corrected chi connectivity index (χ4v) is 16.0. The number of fused-ring (bicyclic) bond motifs is 14. The third kappa shape index (κ3) is 7.58. The molecule has 4 heterocycles. The van der Waals surface area contributed by atoms with Gasteiger partial charge in [-0.15, -0.1) is 22.7 Å². The van der Waals surface area contributed by atoms with Crippen molar-refractivity contribution in [1.29, 1.82) is 5.26 Å². The van der Waals surface area contributed by atoms with Gasteiger partial charge in [0.15, 0.2) is 0 Å². The highest BCUT2D eigenvalue weighted by molar-refractivity contribution is 7.27. The average molecular weight is 1130 g/mol. The number of hydrogen-bond donors (Lipinski definition) is 0. The molecule has 0 aliphatic heterocycles. The molecule has 0 amide bonds. The number of nitriles is 1. The third-order valence-electron chi connectivity index (χ3n) is 17.3. The topological polar surface area (TPSA) is 38.0 Å². The lowest BCUT2D eigenvalue weighted by Gasteiger charge is -2.26. The first-order valence-corrected chi connectivity index (χ1v) is 30.4. The predicted octanol–water partition coefficient (Wildman–Crippen LogP) is 23.0. The van der Waals surface area contributed by atoms with Gasteiger partial charge >= 0.3 is 0 Å². The maximum Gasteiger partial charge on any atom is 0.220 e. The lowest BCUT2D eigenvalue weighted by atomic mass is 9.86. The van der Waals surface area contributed by atoms with Gasteiger partial charge in [-0.2, -0.15) is 5.26 Å². The Hall–Kier alpha value is -11.1. The molecule has 0 N–H and O–H groups in total. The minimum Gasteiger partial charge on any atom is -0.318 e. The number of thiophene rings is 2. The van der Waals surface area contributed by atoms with Crippen molar-refractivity contribution in [2.24, 2.45) is 0 Å². The molecule has 4 nitrogen and oxygen atoms in total. The monoisotopic (exact) mass is 1130 g/mol. The second-order valence-electron chi connectivity index (χ2n) is 22.0. The van der Waals surface area contributed by atoms with Crippen molar-refractivity contribution in [2.45, 2.75) is 0 Å².